The van der Waals surface area contributed by atoms with E-state index in [0.29, 0.717) is 6.04 Å². The number of hydrogen-bond acceptors (Lipinski definition) is 3. The highest BCUT2D eigenvalue weighted by Crippen LogP contribution is 2.26. The Hall–Kier alpha value is -0.510. The summed E-state index contributed by atoms with van der Waals surface area (Å²) in [6, 6.07) is 9.44. The third-order valence-corrected chi connectivity index (χ3v) is 4.34. The minimum Gasteiger partial charge on any atom is -0.378 e. The summed E-state index contributed by atoms with van der Waals surface area (Å²) in [5, 5.41) is 3.48. The lowest BCUT2D eigenvalue weighted by atomic mass is 9.87. The van der Waals surface area contributed by atoms with Crippen molar-refractivity contribution in [3.8, 4) is 0 Å². The van der Waals surface area contributed by atoms with Crippen LogP contribution in [0.4, 0.5) is 0 Å². The van der Waals surface area contributed by atoms with E-state index in [1.54, 1.807) is 0 Å². The molecule has 0 aromatic heterocycles. The van der Waals surface area contributed by atoms with Crippen molar-refractivity contribution in [3.63, 3.8) is 0 Å². The summed E-state index contributed by atoms with van der Waals surface area (Å²) in [7, 11) is 0. The molecule has 1 unspecified atom stereocenters. The molecule has 100 valence electrons. The van der Waals surface area contributed by atoms with Gasteiger partial charge in [-0.15, -0.1) is 11.8 Å². The molecule has 0 aliphatic carbocycles. The van der Waals surface area contributed by atoms with Crippen molar-refractivity contribution in [2.45, 2.75) is 37.1 Å². The Morgan fingerprint density at radius 3 is 2.56 bits per heavy atom. The van der Waals surface area contributed by atoms with E-state index in [1.807, 2.05) is 11.8 Å². The van der Waals surface area contributed by atoms with Gasteiger partial charge in [-0.2, -0.15) is 0 Å². The molecule has 0 spiro atoms. The van der Waals surface area contributed by atoms with E-state index in [2.05, 4.69) is 50.4 Å². The van der Waals surface area contributed by atoms with Crippen molar-refractivity contribution in [2.24, 2.45) is 0 Å². The Morgan fingerprint density at radius 1 is 1.28 bits per heavy atom. The molecular weight excluding hydrogens is 242 g/mol. The number of thioether (sulfide) groups is 1. The topological polar surface area (TPSA) is 21.3 Å². The molecule has 18 heavy (non-hydrogen) atoms. The average molecular weight is 265 g/mol. The van der Waals surface area contributed by atoms with Crippen LogP contribution in [0.15, 0.2) is 29.2 Å². The number of hydrogen-bond donors (Lipinski definition) is 1. The smallest absolute Gasteiger partial charge is 0.0628 e. The molecule has 1 aliphatic rings. The van der Waals surface area contributed by atoms with Gasteiger partial charge in [0, 0.05) is 23.2 Å². The fourth-order valence-corrected chi connectivity index (χ4v) is 2.91. The van der Waals surface area contributed by atoms with Crippen LogP contribution < -0.4 is 5.32 Å². The monoisotopic (exact) mass is 265 g/mol. The predicted molar refractivity (Wildman–Crippen MR) is 78.5 cm³/mol. The van der Waals surface area contributed by atoms with Gasteiger partial charge in [-0.1, -0.05) is 32.9 Å². The molecule has 1 heterocycles. The highest BCUT2D eigenvalue weighted by Gasteiger charge is 2.14. The van der Waals surface area contributed by atoms with Crippen LogP contribution >= 0.6 is 11.8 Å². The van der Waals surface area contributed by atoms with Gasteiger partial charge in [0.25, 0.3) is 0 Å². The zero-order valence-electron chi connectivity index (χ0n) is 11.5. The van der Waals surface area contributed by atoms with Crippen molar-refractivity contribution >= 4 is 11.8 Å². The molecule has 3 heteroatoms. The fraction of sp³-hybridized carbons (Fsp3) is 0.600. The van der Waals surface area contributed by atoms with Crippen molar-refractivity contribution in [2.75, 3.05) is 25.5 Å². The quantitative estimate of drug-likeness (QED) is 0.849. The van der Waals surface area contributed by atoms with Crippen LogP contribution in [-0.4, -0.2) is 31.6 Å². The molecule has 1 N–H and O–H groups in total. The molecule has 0 radical (unpaired) electrons. The molecule has 1 aliphatic heterocycles. The first-order chi connectivity index (χ1) is 8.55. The average Bonchev–Trinajstić information content (AvgIpc) is 2.37. The van der Waals surface area contributed by atoms with Gasteiger partial charge in [0.2, 0.25) is 0 Å². The molecule has 2 rings (SSSR count). The summed E-state index contributed by atoms with van der Waals surface area (Å²) in [5.74, 6) is 1.08. The molecular formula is C15H23NOS. The standard InChI is InChI=1S/C15H23NOS/c1-15(2,3)12-4-6-14(7-5-12)18-11-13-10-17-9-8-16-13/h4-7,13,16H,8-11H2,1-3H3. The van der Waals surface area contributed by atoms with Gasteiger partial charge in [0.15, 0.2) is 0 Å². The lowest BCUT2D eigenvalue weighted by Crippen LogP contribution is -2.42. The van der Waals surface area contributed by atoms with Crippen LogP contribution in [0, 0.1) is 0 Å². The molecule has 0 saturated carbocycles. The van der Waals surface area contributed by atoms with Gasteiger partial charge in [0.05, 0.1) is 13.2 Å². The van der Waals surface area contributed by atoms with Gasteiger partial charge in [-0.25, -0.2) is 0 Å². The maximum atomic E-state index is 5.46. The summed E-state index contributed by atoms with van der Waals surface area (Å²) in [4.78, 5) is 1.34. The van der Waals surface area contributed by atoms with E-state index in [4.69, 9.17) is 4.74 Å². The van der Waals surface area contributed by atoms with Crippen LogP contribution in [0.2, 0.25) is 0 Å². The van der Waals surface area contributed by atoms with Crippen molar-refractivity contribution in [1.82, 2.24) is 5.32 Å². The summed E-state index contributed by atoms with van der Waals surface area (Å²) < 4.78 is 5.46. The third-order valence-electron chi connectivity index (χ3n) is 3.17. The van der Waals surface area contributed by atoms with Crippen molar-refractivity contribution < 1.29 is 4.74 Å². The van der Waals surface area contributed by atoms with E-state index in [-0.39, 0.29) is 5.41 Å². The molecule has 0 bridgehead atoms. The number of ether oxygens (including phenoxy) is 1. The van der Waals surface area contributed by atoms with Gasteiger partial charge < -0.3 is 10.1 Å². The zero-order chi connectivity index (χ0) is 13.0. The number of rotatable bonds is 3. The minimum atomic E-state index is 0.238. The van der Waals surface area contributed by atoms with Crippen LogP contribution in [0.5, 0.6) is 0 Å². The molecule has 2 nitrogen and oxygen atoms in total. The van der Waals surface area contributed by atoms with E-state index in [0.717, 1.165) is 25.5 Å². The maximum Gasteiger partial charge on any atom is 0.0628 e. The second-order valence-electron chi connectivity index (χ2n) is 5.81. The highest BCUT2D eigenvalue weighted by molar-refractivity contribution is 7.99. The van der Waals surface area contributed by atoms with Crippen LogP contribution in [0.25, 0.3) is 0 Å². The SMILES string of the molecule is CC(C)(C)c1ccc(SCC2COCCN2)cc1. The molecule has 1 aromatic rings. The zero-order valence-corrected chi connectivity index (χ0v) is 12.3. The first kappa shape index (κ1) is 13.9. The minimum absolute atomic E-state index is 0.238. The number of benzene rings is 1. The highest BCUT2D eigenvalue weighted by atomic mass is 32.2. The van der Waals surface area contributed by atoms with Gasteiger partial charge in [-0.05, 0) is 23.1 Å². The van der Waals surface area contributed by atoms with E-state index >= 15 is 0 Å². The number of nitrogens with one attached hydrogen (secondary N) is 1. The molecule has 1 saturated heterocycles. The molecule has 0 amide bonds. The van der Waals surface area contributed by atoms with Gasteiger partial charge in [0.1, 0.15) is 0 Å². The molecule has 1 atom stereocenters. The van der Waals surface area contributed by atoms with Crippen LogP contribution in [0.3, 0.4) is 0 Å². The summed E-state index contributed by atoms with van der Waals surface area (Å²) in [6.45, 7) is 9.41. The Kier molecular flexibility index (Phi) is 4.71. The van der Waals surface area contributed by atoms with Crippen molar-refractivity contribution in [3.05, 3.63) is 29.8 Å². The maximum absolute atomic E-state index is 5.46. The first-order valence-electron chi connectivity index (χ1n) is 6.60. The summed E-state index contributed by atoms with van der Waals surface area (Å²) in [6.07, 6.45) is 0. The van der Waals surface area contributed by atoms with Crippen molar-refractivity contribution in [1.29, 1.82) is 0 Å². The molecule has 1 aromatic carbocycles. The lowest BCUT2D eigenvalue weighted by molar-refractivity contribution is 0.0837. The normalized spacial score (nSPS) is 20.9. The van der Waals surface area contributed by atoms with Crippen LogP contribution in [0.1, 0.15) is 26.3 Å². The molecule has 1 fully saturated rings. The second-order valence-corrected chi connectivity index (χ2v) is 6.90. The van der Waals surface area contributed by atoms with E-state index in [9.17, 15) is 0 Å². The lowest BCUT2D eigenvalue weighted by Gasteiger charge is -2.23. The van der Waals surface area contributed by atoms with Gasteiger partial charge in [-0.3, -0.25) is 0 Å². The number of morpholine rings is 1. The Bertz CT molecular complexity index is 363. The largest absolute Gasteiger partial charge is 0.378 e. The fourth-order valence-electron chi connectivity index (χ4n) is 1.97. The summed E-state index contributed by atoms with van der Waals surface area (Å²) >= 11 is 1.90. The Labute approximate surface area is 114 Å². The summed E-state index contributed by atoms with van der Waals surface area (Å²) in [5.41, 5.74) is 1.63. The second kappa shape index (κ2) is 6.09. The van der Waals surface area contributed by atoms with Crippen LogP contribution in [-0.2, 0) is 10.2 Å². The Morgan fingerprint density at radius 2 is 2.00 bits per heavy atom. The first-order valence-corrected chi connectivity index (χ1v) is 7.59. The van der Waals surface area contributed by atoms with Gasteiger partial charge >= 0.3 is 0 Å². The van der Waals surface area contributed by atoms with E-state index in [1.165, 1.54) is 10.5 Å². The predicted octanol–water partition coefficient (Wildman–Crippen LogP) is 3.06. The Balaban J connectivity index is 1.86. The third kappa shape index (κ3) is 4.01. The van der Waals surface area contributed by atoms with E-state index < -0.39 is 0 Å².